The number of carboxylic acids is 1. The monoisotopic (exact) mass is 406 g/mol. The van der Waals surface area contributed by atoms with Crippen LogP contribution in [0.3, 0.4) is 0 Å². The van der Waals surface area contributed by atoms with Crippen LogP contribution < -0.4 is 0 Å². The third-order valence-corrected chi connectivity index (χ3v) is 10.1. The first-order chi connectivity index (χ1) is 13.6. The third-order valence-electron chi connectivity index (χ3n) is 10.1. The number of hydrogen-bond donors (Lipinski definition) is 3. The lowest BCUT2D eigenvalue weighted by atomic mass is 9.43. The quantitative estimate of drug-likeness (QED) is 0.662. The molecule has 3 N–H and O–H groups in total. The molecule has 0 aliphatic heterocycles. The normalized spacial score (nSPS) is 50.4. The molecule has 0 aromatic carbocycles. The molecular weight excluding hydrogens is 368 g/mol. The van der Waals surface area contributed by atoms with Crippen molar-refractivity contribution in [2.45, 2.75) is 90.8 Å². The summed E-state index contributed by atoms with van der Waals surface area (Å²) in [6, 6.07) is 0. The molecule has 5 heteroatoms. The van der Waals surface area contributed by atoms with Gasteiger partial charge in [-0.1, -0.05) is 20.8 Å². The van der Waals surface area contributed by atoms with Crippen molar-refractivity contribution >= 4 is 11.8 Å². The Morgan fingerprint density at radius 3 is 2.55 bits per heavy atom. The Labute approximate surface area is 174 Å². The standard InChI is InChI=1S/C24H38O5/c1-13(4-7-21(28)29)16-5-6-17-22-18(12-20(27)24(16,17)3)23(2)9-8-15(25)10-14(23)11-19(22)26/h13-19,22,25-26H,4-12H2,1-3H3,(H,28,29)/t13?,14-,15+,16?,17?,18?,19?,22?,23?,24?/m0/s1. The van der Waals surface area contributed by atoms with Gasteiger partial charge < -0.3 is 15.3 Å². The summed E-state index contributed by atoms with van der Waals surface area (Å²) in [6.45, 7) is 6.54. The second kappa shape index (κ2) is 7.33. The summed E-state index contributed by atoms with van der Waals surface area (Å²) in [5.74, 6) is 0.855. The topological polar surface area (TPSA) is 94.8 Å². The van der Waals surface area contributed by atoms with Crippen molar-refractivity contribution < 1.29 is 24.9 Å². The van der Waals surface area contributed by atoms with Crippen LogP contribution in [0.4, 0.5) is 0 Å². The number of aliphatic hydroxyl groups is 2. The van der Waals surface area contributed by atoms with E-state index in [0.717, 1.165) is 38.5 Å². The molecule has 164 valence electrons. The van der Waals surface area contributed by atoms with E-state index in [2.05, 4.69) is 20.8 Å². The molecule has 29 heavy (non-hydrogen) atoms. The van der Waals surface area contributed by atoms with E-state index in [-0.39, 0.29) is 47.5 Å². The minimum Gasteiger partial charge on any atom is -0.481 e. The van der Waals surface area contributed by atoms with Crippen molar-refractivity contribution in [3.63, 3.8) is 0 Å². The van der Waals surface area contributed by atoms with Gasteiger partial charge in [-0.05, 0) is 85.9 Å². The molecule has 5 nitrogen and oxygen atoms in total. The van der Waals surface area contributed by atoms with Gasteiger partial charge in [0.15, 0.2) is 0 Å². The fourth-order valence-corrected chi connectivity index (χ4v) is 8.41. The minimum atomic E-state index is -0.771. The molecule has 0 spiro atoms. The highest BCUT2D eigenvalue weighted by Gasteiger charge is 2.65. The Hall–Kier alpha value is -0.940. The van der Waals surface area contributed by atoms with Gasteiger partial charge >= 0.3 is 5.97 Å². The number of carboxylic acid groups (broad SMARTS) is 1. The molecule has 0 heterocycles. The third kappa shape index (κ3) is 3.18. The molecule has 4 aliphatic carbocycles. The van der Waals surface area contributed by atoms with E-state index in [1.54, 1.807) is 0 Å². The van der Waals surface area contributed by atoms with Crippen LogP contribution in [0.25, 0.3) is 0 Å². The number of rotatable bonds is 4. The van der Waals surface area contributed by atoms with Gasteiger partial charge in [0.2, 0.25) is 0 Å². The molecular formula is C24H38O5. The zero-order valence-corrected chi connectivity index (χ0v) is 18.1. The number of carbonyl (C=O) groups excluding carboxylic acids is 1. The van der Waals surface area contributed by atoms with E-state index in [1.165, 1.54) is 0 Å². The van der Waals surface area contributed by atoms with Crippen molar-refractivity contribution in [2.24, 2.45) is 46.3 Å². The van der Waals surface area contributed by atoms with E-state index in [9.17, 15) is 19.8 Å². The molecule has 8 unspecified atom stereocenters. The van der Waals surface area contributed by atoms with Crippen LogP contribution in [0.1, 0.15) is 78.6 Å². The van der Waals surface area contributed by atoms with E-state index < -0.39 is 17.5 Å². The Morgan fingerprint density at radius 1 is 1.14 bits per heavy atom. The zero-order valence-electron chi connectivity index (χ0n) is 18.1. The fraction of sp³-hybridized carbons (Fsp3) is 0.917. The summed E-state index contributed by atoms with van der Waals surface area (Å²) in [4.78, 5) is 24.7. The molecule has 4 aliphatic rings. The maximum atomic E-state index is 13.6. The van der Waals surface area contributed by atoms with E-state index in [4.69, 9.17) is 5.11 Å². The van der Waals surface area contributed by atoms with Crippen LogP contribution in [0, 0.1) is 46.3 Å². The highest BCUT2D eigenvalue weighted by atomic mass is 16.4. The van der Waals surface area contributed by atoms with Gasteiger partial charge in [0.25, 0.3) is 0 Å². The molecule has 0 saturated heterocycles. The molecule has 4 fully saturated rings. The Morgan fingerprint density at radius 2 is 1.86 bits per heavy atom. The molecule has 0 amide bonds. The van der Waals surface area contributed by atoms with Gasteiger partial charge in [0.05, 0.1) is 12.2 Å². The molecule has 0 aromatic rings. The van der Waals surface area contributed by atoms with Gasteiger partial charge in [-0.3, -0.25) is 9.59 Å². The van der Waals surface area contributed by atoms with Crippen LogP contribution in [0.5, 0.6) is 0 Å². The fourth-order valence-electron chi connectivity index (χ4n) is 8.41. The SMILES string of the molecule is CC(CCC(=O)O)C1CCC2C3C(O)C[C@@H]4C[C@H](O)CCC4(C)C3CC(=O)C12C. The number of carbonyl (C=O) groups is 2. The number of aliphatic hydroxyl groups excluding tert-OH is 2. The van der Waals surface area contributed by atoms with Crippen LogP contribution in [0.2, 0.25) is 0 Å². The van der Waals surface area contributed by atoms with Gasteiger partial charge in [-0.25, -0.2) is 0 Å². The van der Waals surface area contributed by atoms with Crippen molar-refractivity contribution in [2.75, 3.05) is 0 Å². The summed E-state index contributed by atoms with van der Waals surface area (Å²) < 4.78 is 0. The summed E-state index contributed by atoms with van der Waals surface area (Å²) in [5.41, 5.74) is -0.398. The second-order valence-electron chi connectivity index (χ2n) is 11.2. The Kier molecular flexibility index (Phi) is 5.39. The molecule has 10 atom stereocenters. The van der Waals surface area contributed by atoms with E-state index >= 15 is 0 Å². The highest BCUT2D eigenvalue weighted by Crippen LogP contribution is 2.67. The van der Waals surface area contributed by atoms with Gasteiger partial charge in [0.1, 0.15) is 5.78 Å². The molecule has 0 radical (unpaired) electrons. The summed E-state index contributed by atoms with van der Waals surface area (Å²) >= 11 is 0. The van der Waals surface area contributed by atoms with Gasteiger partial charge in [0, 0.05) is 18.3 Å². The van der Waals surface area contributed by atoms with Gasteiger partial charge in [-0.2, -0.15) is 0 Å². The smallest absolute Gasteiger partial charge is 0.303 e. The van der Waals surface area contributed by atoms with Crippen molar-refractivity contribution in [3.8, 4) is 0 Å². The number of Topliss-reactive ketones (excluding diaryl/α,β-unsaturated/α-hetero) is 1. The lowest BCUT2D eigenvalue weighted by molar-refractivity contribution is -0.181. The van der Waals surface area contributed by atoms with Crippen LogP contribution in [-0.2, 0) is 9.59 Å². The minimum absolute atomic E-state index is 0.0348. The Bertz CT molecular complexity index is 676. The number of aliphatic carboxylic acids is 1. The average molecular weight is 407 g/mol. The lowest BCUT2D eigenvalue weighted by Gasteiger charge is -2.61. The first-order valence-electron chi connectivity index (χ1n) is 11.7. The van der Waals surface area contributed by atoms with E-state index in [0.29, 0.717) is 24.5 Å². The predicted octanol–water partition coefficient (Wildman–Crippen LogP) is 3.66. The predicted molar refractivity (Wildman–Crippen MR) is 109 cm³/mol. The van der Waals surface area contributed by atoms with Crippen molar-refractivity contribution in [3.05, 3.63) is 0 Å². The van der Waals surface area contributed by atoms with Crippen molar-refractivity contribution in [1.29, 1.82) is 0 Å². The largest absolute Gasteiger partial charge is 0.481 e. The molecule has 0 aromatic heterocycles. The van der Waals surface area contributed by atoms with Crippen LogP contribution in [-0.4, -0.2) is 39.3 Å². The summed E-state index contributed by atoms with van der Waals surface area (Å²) in [5, 5.41) is 30.5. The van der Waals surface area contributed by atoms with Crippen LogP contribution in [0.15, 0.2) is 0 Å². The Balaban J connectivity index is 1.62. The molecule has 4 saturated carbocycles. The number of fused-ring (bicyclic) bond motifs is 5. The zero-order chi connectivity index (χ0) is 21.1. The first kappa shape index (κ1) is 21.3. The van der Waals surface area contributed by atoms with E-state index in [1.807, 2.05) is 0 Å². The van der Waals surface area contributed by atoms with Crippen molar-refractivity contribution in [1.82, 2.24) is 0 Å². The number of ketones is 1. The first-order valence-corrected chi connectivity index (χ1v) is 11.7. The van der Waals surface area contributed by atoms with Crippen LogP contribution >= 0.6 is 0 Å². The summed E-state index contributed by atoms with van der Waals surface area (Å²) in [6.07, 6.45) is 5.82. The second-order valence-corrected chi connectivity index (χ2v) is 11.2. The van der Waals surface area contributed by atoms with Gasteiger partial charge in [-0.15, -0.1) is 0 Å². The highest BCUT2D eigenvalue weighted by molar-refractivity contribution is 5.87. The number of hydrogen-bond acceptors (Lipinski definition) is 4. The maximum absolute atomic E-state index is 13.6. The molecule has 4 rings (SSSR count). The lowest BCUT2D eigenvalue weighted by Crippen LogP contribution is -2.61. The molecule has 0 bridgehead atoms. The average Bonchev–Trinajstić information content (AvgIpc) is 3.01. The summed E-state index contributed by atoms with van der Waals surface area (Å²) in [7, 11) is 0. The maximum Gasteiger partial charge on any atom is 0.303 e.